The Balaban J connectivity index is 1.40. The van der Waals surface area contributed by atoms with Crippen molar-refractivity contribution in [2.75, 3.05) is 20.1 Å². The van der Waals surface area contributed by atoms with Crippen LogP contribution in [-0.2, 0) is 17.8 Å². The number of fused-ring (bicyclic) bond motifs is 1. The minimum atomic E-state index is -0.107. The lowest BCUT2D eigenvalue weighted by molar-refractivity contribution is -0.134. The molecular weight excluding hydrogens is 458 g/mol. The first-order valence-electron chi connectivity index (χ1n) is 12.3. The van der Waals surface area contributed by atoms with E-state index in [4.69, 9.17) is 4.74 Å². The average molecular weight is 490 g/mol. The lowest BCUT2D eigenvalue weighted by atomic mass is 9.87. The maximum Gasteiger partial charge on any atom is 0.273 e. The summed E-state index contributed by atoms with van der Waals surface area (Å²) in [6.07, 6.45) is 2.84. The first-order valence-corrected chi connectivity index (χ1v) is 13.1. The molecule has 0 N–H and O–H groups in total. The van der Waals surface area contributed by atoms with Gasteiger partial charge in [0.2, 0.25) is 5.91 Å². The Bertz CT molecular complexity index is 1250. The molecule has 2 aliphatic rings. The molecule has 2 aromatic carbocycles. The zero-order valence-electron chi connectivity index (χ0n) is 20.5. The van der Waals surface area contributed by atoms with Gasteiger partial charge >= 0.3 is 0 Å². The largest absolute Gasteiger partial charge is 0.486 e. The van der Waals surface area contributed by atoms with Crippen LogP contribution in [0.2, 0.25) is 0 Å². The van der Waals surface area contributed by atoms with E-state index in [-0.39, 0.29) is 23.8 Å². The maximum absolute atomic E-state index is 13.2. The fourth-order valence-electron chi connectivity index (χ4n) is 4.64. The molecule has 1 aliphatic carbocycles. The Morgan fingerprint density at radius 3 is 2.77 bits per heavy atom. The Labute approximate surface area is 210 Å². The fraction of sp³-hybridized carbons (Fsp3) is 0.393. The van der Waals surface area contributed by atoms with Crippen molar-refractivity contribution in [3.05, 3.63) is 80.8 Å². The summed E-state index contributed by atoms with van der Waals surface area (Å²) in [4.78, 5) is 33.8. The van der Waals surface area contributed by atoms with Crippen molar-refractivity contribution in [3.63, 3.8) is 0 Å². The highest BCUT2D eigenvalue weighted by Gasteiger charge is 2.39. The quantitative estimate of drug-likeness (QED) is 0.468. The molecule has 1 fully saturated rings. The van der Waals surface area contributed by atoms with Crippen LogP contribution in [0, 0.1) is 12.8 Å². The van der Waals surface area contributed by atoms with Gasteiger partial charge in [0.05, 0.1) is 6.04 Å². The molecule has 2 amide bonds. The molecule has 1 aliphatic heterocycles. The van der Waals surface area contributed by atoms with E-state index in [1.165, 1.54) is 22.5 Å². The van der Waals surface area contributed by atoms with Gasteiger partial charge < -0.3 is 14.5 Å². The number of benzene rings is 2. The summed E-state index contributed by atoms with van der Waals surface area (Å²) in [6.45, 7) is 5.70. The fourth-order valence-corrected chi connectivity index (χ4v) is 5.32. The molecule has 182 valence electrons. The molecule has 0 unspecified atom stereocenters. The third kappa shape index (κ3) is 4.96. The van der Waals surface area contributed by atoms with Crippen LogP contribution in [0.15, 0.2) is 47.8 Å². The van der Waals surface area contributed by atoms with E-state index < -0.39 is 0 Å². The van der Waals surface area contributed by atoms with Crippen LogP contribution in [0.4, 0.5) is 0 Å². The smallest absolute Gasteiger partial charge is 0.273 e. The van der Waals surface area contributed by atoms with Crippen LogP contribution in [0.3, 0.4) is 0 Å². The topological polar surface area (TPSA) is 62.7 Å². The van der Waals surface area contributed by atoms with E-state index >= 15 is 0 Å². The van der Waals surface area contributed by atoms with Gasteiger partial charge in [-0.2, -0.15) is 0 Å². The molecule has 0 spiro atoms. The van der Waals surface area contributed by atoms with Gasteiger partial charge in [-0.1, -0.05) is 35.9 Å². The molecule has 35 heavy (non-hydrogen) atoms. The van der Waals surface area contributed by atoms with Gasteiger partial charge in [-0.25, -0.2) is 4.98 Å². The predicted octanol–water partition coefficient (Wildman–Crippen LogP) is 5.01. The first kappa shape index (κ1) is 23.5. The molecule has 0 saturated heterocycles. The van der Waals surface area contributed by atoms with E-state index in [0.717, 1.165) is 47.7 Å². The molecule has 0 bridgehead atoms. The van der Waals surface area contributed by atoms with Crippen LogP contribution in [0.1, 0.15) is 63.6 Å². The maximum atomic E-state index is 13.2. The monoisotopic (exact) mass is 489 g/mol. The van der Waals surface area contributed by atoms with E-state index in [2.05, 4.69) is 53.2 Å². The lowest BCUT2D eigenvalue weighted by Crippen LogP contribution is -2.41. The zero-order valence-corrected chi connectivity index (χ0v) is 21.3. The van der Waals surface area contributed by atoms with E-state index in [1.54, 1.807) is 17.3 Å². The van der Waals surface area contributed by atoms with Gasteiger partial charge in [0, 0.05) is 31.4 Å². The van der Waals surface area contributed by atoms with Gasteiger partial charge in [0.25, 0.3) is 5.91 Å². The van der Waals surface area contributed by atoms with E-state index in [9.17, 15) is 9.59 Å². The molecular formula is C28H31N3O3S. The number of rotatable bonds is 7. The minimum Gasteiger partial charge on any atom is -0.486 e. The van der Waals surface area contributed by atoms with Gasteiger partial charge in [-0.15, -0.1) is 11.3 Å². The molecule has 2 heterocycles. The third-order valence-electron chi connectivity index (χ3n) is 6.87. The minimum absolute atomic E-state index is 0.0785. The van der Waals surface area contributed by atoms with E-state index in [1.807, 2.05) is 13.0 Å². The predicted molar refractivity (Wildman–Crippen MR) is 137 cm³/mol. The van der Waals surface area contributed by atoms with Gasteiger partial charge in [-0.05, 0) is 61.9 Å². The summed E-state index contributed by atoms with van der Waals surface area (Å²) in [6, 6.07) is 14.6. The van der Waals surface area contributed by atoms with Crippen molar-refractivity contribution in [2.24, 2.45) is 5.92 Å². The highest BCUT2D eigenvalue weighted by molar-refractivity contribution is 7.09. The van der Waals surface area contributed by atoms with Crippen molar-refractivity contribution < 1.29 is 14.3 Å². The van der Waals surface area contributed by atoms with Crippen LogP contribution in [0.5, 0.6) is 5.75 Å². The van der Waals surface area contributed by atoms with Crippen LogP contribution < -0.4 is 4.74 Å². The Morgan fingerprint density at radius 2 is 2.03 bits per heavy atom. The molecule has 3 aromatic rings. The second-order valence-corrected chi connectivity index (χ2v) is 10.4. The van der Waals surface area contributed by atoms with Crippen molar-refractivity contribution in [2.45, 2.75) is 45.8 Å². The van der Waals surface area contributed by atoms with Crippen LogP contribution >= 0.6 is 11.3 Å². The Kier molecular flexibility index (Phi) is 6.60. The number of hydrogen-bond acceptors (Lipinski definition) is 5. The lowest BCUT2D eigenvalue weighted by Gasteiger charge is -2.38. The number of carbonyl (C=O) groups excluding carboxylic acids is 2. The Hall–Kier alpha value is -3.19. The zero-order chi connectivity index (χ0) is 24.5. The SMILES string of the molecule is CCN(C)C(=O)c1csc(COc2ccc3c(c2)[C@H](c2cccc(C)c2)N(C(=O)C2CC2)CC3)n1. The summed E-state index contributed by atoms with van der Waals surface area (Å²) in [5.74, 6) is 1.11. The van der Waals surface area contributed by atoms with Crippen LogP contribution in [-0.4, -0.2) is 46.7 Å². The van der Waals surface area contributed by atoms with Crippen molar-refractivity contribution in [1.82, 2.24) is 14.8 Å². The van der Waals surface area contributed by atoms with Gasteiger partial charge in [0.15, 0.2) is 0 Å². The molecule has 7 heteroatoms. The summed E-state index contributed by atoms with van der Waals surface area (Å²) < 4.78 is 6.12. The highest BCUT2D eigenvalue weighted by atomic mass is 32.1. The molecule has 6 nitrogen and oxygen atoms in total. The number of thiazole rings is 1. The second kappa shape index (κ2) is 9.82. The van der Waals surface area contributed by atoms with Gasteiger partial charge in [-0.3, -0.25) is 9.59 Å². The number of aryl methyl sites for hydroxylation is 1. The van der Waals surface area contributed by atoms with E-state index in [0.29, 0.717) is 18.8 Å². The van der Waals surface area contributed by atoms with Gasteiger partial charge in [0.1, 0.15) is 23.1 Å². The van der Waals surface area contributed by atoms with Crippen LogP contribution in [0.25, 0.3) is 0 Å². The van der Waals surface area contributed by atoms with Crippen molar-refractivity contribution >= 4 is 23.2 Å². The third-order valence-corrected chi connectivity index (χ3v) is 7.69. The molecule has 1 saturated carbocycles. The number of amides is 2. The van der Waals surface area contributed by atoms with Crippen molar-refractivity contribution in [3.8, 4) is 5.75 Å². The molecule has 0 radical (unpaired) electrons. The molecule has 1 aromatic heterocycles. The highest BCUT2D eigenvalue weighted by Crippen LogP contribution is 2.41. The second-order valence-electron chi connectivity index (χ2n) is 9.47. The number of hydrogen-bond donors (Lipinski definition) is 0. The normalized spacial score (nSPS) is 17.1. The number of nitrogens with zero attached hydrogens (tertiary/aromatic N) is 3. The standard InChI is InChI=1S/C28H31N3O3S/c1-4-30(3)28(33)24-17-35-25(29-24)16-34-22-11-10-19-12-13-31(27(32)20-8-9-20)26(23(19)15-22)21-7-5-6-18(2)14-21/h5-7,10-11,14-15,17,20,26H,4,8-9,12-13,16H2,1-3H3/t26-/m0/s1. The molecule has 1 atom stereocenters. The summed E-state index contributed by atoms with van der Waals surface area (Å²) in [5.41, 5.74) is 5.17. The summed E-state index contributed by atoms with van der Waals surface area (Å²) in [5, 5.41) is 2.55. The average Bonchev–Trinajstić information content (AvgIpc) is 3.62. The number of aromatic nitrogens is 1. The number of ether oxygens (including phenoxy) is 1. The van der Waals surface area contributed by atoms with Crippen molar-refractivity contribution in [1.29, 1.82) is 0 Å². The summed E-state index contributed by atoms with van der Waals surface area (Å²) in [7, 11) is 1.77. The first-order chi connectivity index (χ1) is 16.9. The molecule has 5 rings (SSSR count). The summed E-state index contributed by atoms with van der Waals surface area (Å²) >= 11 is 1.43. The number of carbonyl (C=O) groups is 2. The Morgan fingerprint density at radius 1 is 1.20 bits per heavy atom.